The van der Waals surface area contributed by atoms with Crippen LogP contribution in [0.25, 0.3) is 0 Å². The maximum Gasteiger partial charge on any atom is 0.303 e. The van der Waals surface area contributed by atoms with Crippen LogP contribution in [0.3, 0.4) is 0 Å². The highest BCUT2D eigenvalue weighted by molar-refractivity contribution is 5.66. The molecule has 0 radical (unpaired) electrons. The van der Waals surface area contributed by atoms with Gasteiger partial charge in [0.15, 0.2) is 0 Å². The Bertz CT molecular complexity index is 1310. The Kier molecular flexibility index (Phi) is 12.3. The van der Waals surface area contributed by atoms with Crippen molar-refractivity contribution in [3.63, 3.8) is 0 Å². The highest BCUT2D eigenvalue weighted by atomic mass is 16.4. The minimum Gasteiger partial charge on any atom is -0.481 e. The smallest absolute Gasteiger partial charge is 0.303 e. The van der Waals surface area contributed by atoms with E-state index in [2.05, 4.69) is 41.5 Å². The Hall–Kier alpha value is -1.22. The molecule has 0 bridgehead atoms. The van der Waals surface area contributed by atoms with Gasteiger partial charge in [0.2, 0.25) is 0 Å². The molecule has 56 heavy (non-hydrogen) atoms. The molecule has 20 atom stereocenters. The van der Waals surface area contributed by atoms with E-state index in [1.54, 1.807) is 0 Å². The summed E-state index contributed by atoms with van der Waals surface area (Å²) in [5.41, 5.74) is 0.432. The molecule has 8 heteroatoms. The quantitative estimate of drug-likeness (QED) is 0.143. The van der Waals surface area contributed by atoms with Crippen LogP contribution in [0.4, 0.5) is 0 Å². The predicted octanol–water partition coefficient (Wildman–Crippen LogP) is 8.96. The Morgan fingerprint density at radius 1 is 0.518 bits per heavy atom. The number of aliphatic hydroxyl groups is 4. The molecule has 8 fully saturated rings. The first-order chi connectivity index (χ1) is 26.3. The van der Waals surface area contributed by atoms with Crippen molar-refractivity contribution in [1.29, 1.82) is 0 Å². The second kappa shape index (κ2) is 16.0. The zero-order valence-electron chi connectivity index (χ0n) is 35.9. The van der Waals surface area contributed by atoms with Gasteiger partial charge in [0.05, 0.1) is 24.4 Å². The van der Waals surface area contributed by atoms with E-state index in [-0.39, 0.29) is 58.9 Å². The molecule has 0 saturated heterocycles. The summed E-state index contributed by atoms with van der Waals surface area (Å²) in [7, 11) is 0. The van der Waals surface area contributed by atoms with E-state index in [0.29, 0.717) is 71.0 Å². The second-order valence-electron chi connectivity index (χ2n) is 22.6. The molecule has 0 amide bonds. The lowest BCUT2D eigenvalue weighted by Crippen LogP contribution is -2.58. The van der Waals surface area contributed by atoms with Crippen LogP contribution in [0.5, 0.6) is 0 Å². The molecule has 0 aliphatic heterocycles. The van der Waals surface area contributed by atoms with E-state index in [4.69, 9.17) is 10.2 Å². The fourth-order valence-electron chi connectivity index (χ4n) is 17.4. The van der Waals surface area contributed by atoms with E-state index >= 15 is 0 Å². The second-order valence-corrected chi connectivity index (χ2v) is 22.6. The lowest BCUT2D eigenvalue weighted by Gasteiger charge is -2.62. The molecule has 8 aliphatic carbocycles. The molecule has 8 rings (SSSR count). The number of aliphatic hydroxyl groups excluding tert-OH is 4. The van der Waals surface area contributed by atoms with Gasteiger partial charge in [-0.15, -0.1) is 0 Å². The van der Waals surface area contributed by atoms with Gasteiger partial charge in [0.25, 0.3) is 0 Å². The van der Waals surface area contributed by atoms with Crippen LogP contribution in [-0.2, 0) is 9.59 Å². The molecule has 0 aromatic rings. The first kappa shape index (κ1) is 42.9. The summed E-state index contributed by atoms with van der Waals surface area (Å²) >= 11 is 0. The minimum absolute atomic E-state index is 0.0591. The van der Waals surface area contributed by atoms with Crippen molar-refractivity contribution in [3.8, 4) is 0 Å². The van der Waals surface area contributed by atoms with E-state index < -0.39 is 11.9 Å². The Labute approximate surface area is 338 Å². The van der Waals surface area contributed by atoms with Crippen molar-refractivity contribution in [2.45, 2.75) is 194 Å². The zero-order valence-corrected chi connectivity index (χ0v) is 35.9. The van der Waals surface area contributed by atoms with E-state index in [9.17, 15) is 30.0 Å². The van der Waals surface area contributed by atoms with Crippen molar-refractivity contribution in [1.82, 2.24) is 0 Å². The van der Waals surface area contributed by atoms with Crippen LogP contribution < -0.4 is 0 Å². The van der Waals surface area contributed by atoms with E-state index in [1.165, 1.54) is 38.5 Å². The lowest BCUT2D eigenvalue weighted by molar-refractivity contribution is -0.175. The van der Waals surface area contributed by atoms with Gasteiger partial charge in [0, 0.05) is 12.8 Å². The van der Waals surface area contributed by atoms with Gasteiger partial charge in [-0.3, -0.25) is 9.59 Å². The van der Waals surface area contributed by atoms with Crippen molar-refractivity contribution >= 4 is 11.9 Å². The number of rotatable bonds is 8. The zero-order chi connectivity index (χ0) is 40.5. The molecule has 8 saturated carbocycles. The summed E-state index contributed by atoms with van der Waals surface area (Å²) in [4.78, 5) is 22.1. The normalized spacial score (nSPS) is 51.7. The predicted molar refractivity (Wildman–Crippen MR) is 217 cm³/mol. The van der Waals surface area contributed by atoms with Crippen molar-refractivity contribution in [2.24, 2.45) is 92.7 Å². The molecule has 8 aliphatic rings. The monoisotopic (exact) mass is 785 g/mol. The summed E-state index contributed by atoms with van der Waals surface area (Å²) < 4.78 is 0. The molecule has 0 aromatic carbocycles. The summed E-state index contributed by atoms with van der Waals surface area (Å²) in [5, 5.41) is 61.5. The summed E-state index contributed by atoms with van der Waals surface area (Å²) in [5.74, 6) is 5.10. The average molecular weight is 785 g/mol. The van der Waals surface area contributed by atoms with Gasteiger partial charge in [-0.05, 0) is 208 Å². The number of carbonyl (C=O) groups is 2. The number of fused-ring (bicyclic) bond motifs is 10. The third-order valence-corrected chi connectivity index (χ3v) is 20.6. The number of carboxylic acids is 2. The molecule has 0 unspecified atom stereocenters. The molecule has 0 aromatic heterocycles. The summed E-state index contributed by atoms with van der Waals surface area (Å²) in [6.07, 6.45) is 18.5. The summed E-state index contributed by atoms with van der Waals surface area (Å²) in [6, 6.07) is 0. The van der Waals surface area contributed by atoms with Crippen molar-refractivity contribution in [2.75, 3.05) is 0 Å². The maximum atomic E-state index is 11.5. The van der Waals surface area contributed by atoms with Crippen LogP contribution in [0.1, 0.15) is 170 Å². The maximum absolute atomic E-state index is 11.5. The van der Waals surface area contributed by atoms with Crippen LogP contribution in [0.15, 0.2) is 0 Å². The average Bonchev–Trinajstić information content (AvgIpc) is 3.70. The Morgan fingerprint density at radius 3 is 1.25 bits per heavy atom. The number of hydrogen-bond donors (Lipinski definition) is 6. The van der Waals surface area contributed by atoms with Crippen LogP contribution >= 0.6 is 0 Å². The van der Waals surface area contributed by atoms with Crippen LogP contribution in [0, 0.1) is 92.7 Å². The standard InChI is InChI=1S/2C24H40O4/c2*1-14(4-9-22(27)28)18-7-8-19-17-6-5-15-12-16(25)10-11-23(15,2)20(17)13-21(26)24(18,19)3/h2*14-21,25-26H,4-13H2,1-3H3,(H,27,28)/t2*14-,15-,16-,17+,18-,19+,20+,21+,23+,24-/m11/s1. The topological polar surface area (TPSA) is 156 Å². The highest BCUT2D eigenvalue weighted by Gasteiger charge is 2.65. The largest absolute Gasteiger partial charge is 0.481 e. The van der Waals surface area contributed by atoms with Gasteiger partial charge in [-0.25, -0.2) is 0 Å². The third kappa shape index (κ3) is 7.14. The lowest BCUT2D eigenvalue weighted by atomic mass is 9.43. The fraction of sp³-hybridized carbons (Fsp3) is 0.958. The first-order valence-electron chi connectivity index (χ1n) is 23.5. The molecule has 6 N–H and O–H groups in total. The SMILES string of the molecule is C[C@H](CCC(=O)O)[C@H]1CC[C@H]2[C@@H]3CC[C@@H]4C[C@H](O)CC[C@]4(C)[C@H]3C[C@H](O)[C@]12C.C[C@H](CCC(=O)O)[C@H]1CC[C@H]2[C@@H]3CC[C@@H]4C[C@H](O)CC[C@]4(C)[C@H]3C[C@H](O)[C@]12C. The Balaban J connectivity index is 0.000000172. The molecule has 0 heterocycles. The van der Waals surface area contributed by atoms with Crippen molar-refractivity contribution in [3.05, 3.63) is 0 Å². The van der Waals surface area contributed by atoms with Gasteiger partial charge >= 0.3 is 11.9 Å². The van der Waals surface area contributed by atoms with Gasteiger partial charge in [-0.1, -0.05) is 41.5 Å². The van der Waals surface area contributed by atoms with Gasteiger partial charge in [-0.2, -0.15) is 0 Å². The number of aliphatic carboxylic acids is 2. The molecule has 0 spiro atoms. The first-order valence-corrected chi connectivity index (χ1v) is 23.5. The molecule has 8 nitrogen and oxygen atoms in total. The van der Waals surface area contributed by atoms with Crippen LogP contribution in [0.2, 0.25) is 0 Å². The van der Waals surface area contributed by atoms with E-state index in [0.717, 1.165) is 77.0 Å². The van der Waals surface area contributed by atoms with Crippen molar-refractivity contribution < 1.29 is 40.2 Å². The fourth-order valence-corrected chi connectivity index (χ4v) is 17.4. The minimum atomic E-state index is -0.707. The van der Waals surface area contributed by atoms with E-state index in [1.807, 2.05) is 0 Å². The van der Waals surface area contributed by atoms with Crippen LogP contribution in [-0.4, -0.2) is 67.0 Å². The molecule has 320 valence electrons. The number of carboxylic acid groups (broad SMARTS) is 2. The number of hydrogen-bond acceptors (Lipinski definition) is 6. The van der Waals surface area contributed by atoms with Gasteiger partial charge in [0.1, 0.15) is 0 Å². The highest BCUT2D eigenvalue weighted by Crippen LogP contribution is 2.70. The molecular formula is C48H80O8. The Morgan fingerprint density at radius 2 is 0.893 bits per heavy atom. The third-order valence-electron chi connectivity index (χ3n) is 20.6. The summed E-state index contributed by atoms with van der Waals surface area (Å²) in [6.45, 7) is 14.0. The molecular weight excluding hydrogens is 705 g/mol. The van der Waals surface area contributed by atoms with Gasteiger partial charge < -0.3 is 30.6 Å².